The van der Waals surface area contributed by atoms with Crippen LogP contribution in [0.2, 0.25) is 0 Å². The second kappa shape index (κ2) is 13.4. The van der Waals surface area contributed by atoms with Gasteiger partial charge in [0.1, 0.15) is 22.5 Å². The number of phenolic OH excluding ortho intramolecular Hbond substituents is 2. The fraction of sp³-hybridized carbons (Fsp3) is 0. The molecule has 0 unspecified atom stereocenters. The van der Waals surface area contributed by atoms with E-state index in [2.05, 4.69) is 94.9 Å². The summed E-state index contributed by atoms with van der Waals surface area (Å²) in [6.45, 7) is 0. The molecule has 11 aromatic rings. The molecule has 3 aromatic heterocycles. The van der Waals surface area contributed by atoms with Crippen molar-refractivity contribution in [1.29, 1.82) is 0 Å². The van der Waals surface area contributed by atoms with Gasteiger partial charge in [0.2, 0.25) is 0 Å². The van der Waals surface area contributed by atoms with Crippen LogP contribution < -0.4 is 0 Å². The van der Waals surface area contributed by atoms with E-state index < -0.39 is 0 Å². The molecule has 3 heterocycles. The van der Waals surface area contributed by atoms with Crippen molar-refractivity contribution in [2.24, 2.45) is 0 Å². The Labute approximate surface area is 333 Å². The van der Waals surface area contributed by atoms with Gasteiger partial charge in [-0.3, -0.25) is 9.97 Å². The highest BCUT2D eigenvalue weighted by Gasteiger charge is 2.23. The van der Waals surface area contributed by atoms with Crippen molar-refractivity contribution in [3.8, 4) is 67.7 Å². The predicted octanol–water partition coefficient (Wildman–Crippen LogP) is 12.8. The number of hydrogen-bond acceptors (Lipinski definition) is 6. The molecule has 8 aromatic carbocycles. The van der Waals surface area contributed by atoms with Crippen LogP contribution in [0, 0.1) is 0 Å². The van der Waals surface area contributed by atoms with E-state index in [0.29, 0.717) is 16.9 Å². The van der Waals surface area contributed by atoms with Crippen LogP contribution in [-0.2, 0) is 0 Å². The minimum atomic E-state index is 0.129. The lowest BCUT2D eigenvalue weighted by Crippen LogP contribution is -1.97. The second-order valence-corrected chi connectivity index (χ2v) is 14.4. The van der Waals surface area contributed by atoms with Gasteiger partial charge >= 0.3 is 0 Å². The van der Waals surface area contributed by atoms with Crippen molar-refractivity contribution in [2.45, 2.75) is 0 Å². The van der Waals surface area contributed by atoms with Crippen molar-refractivity contribution >= 4 is 54.1 Å². The molecule has 0 bridgehead atoms. The van der Waals surface area contributed by atoms with Gasteiger partial charge in [-0.1, -0.05) is 127 Å². The summed E-state index contributed by atoms with van der Waals surface area (Å²) in [5.41, 5.74) is 9.68. The lowest BCUT2D eigenvalue weighted by Gasteiger charge is -2.21. The zero-order chi connectivity index (χ0) is 38.7. The highest BCUT2D eigenvalue weighted by molar-refractivity contribution is 6.31. The maximum atomic E-state index is 11.0. The number of phenols is 2. The van der Waals surface area contributed by atoms with Crippen LogP contribution in [0.1, 0.15) is 0 Å². The average Bonchev–Trinajstić information content (AvgIpc) is 3.29. The van der Waals surface area contributed by atoms with Crippen LogP contribution in [-0.4, -0.2) is 30.1 Å². The Kier molecular flexibility index (Phi) is 7.69. The molecular formula is C52H32N4O2. The van der Waals surface area contributed by atoms with Crippen molar-refractivity contribution in [2.75, 3.05) is 0 Å². The van der Waals surface area contributed by atoms with Gasteiger partial charge in [0.15, 0.2) is 5.82 Å². The smallest absolute Gasteiger partial charge is 0.161 e. The molecule has 6 heteroatoms. The van der Waals surface area contributed by atoms with Crippen LogP contribution in [0.4, 0.5) is 0 Å². The van der Waals surface area contributed by atoms with Crippen LogP contribution in [0.5, 0.6) is 11.5 Å². The second-order valence-electron chi connectivity index (χ2n) is 14.4. The summed E-state index contributed by atoms with van der Waals surface area (Å²) >= 11 is 0. The van der Waals surface area contributed by atoms with Crippen LogP contribution in [0.25, 0.3) is 110 Å². The van der Waals surface area contributed by atoms with E-state index in [1.54, 1.807) is 24.5 Å². The molecule has 0 fully saturated rings. The quantitative estimate of drug-likeness (QED) is 0.135. The topological polar surface area (TPSA) is 92.0 Å². The summed E-state index contributed by atoms with van der Waals surface area (Å²) < 4.78 is 0. The van der Waals surface area contributed by atoms with Crippen molar-refractivity contribution in [1.82, 2.24) is 19.9 Å². The SMILES string of the molecule is Oc1ccc(-c2c3ccccc3c(-c3ccc(O)c4ncccc34)c3c2ccc2c(-c4nc(-c5ccccc5)cc(-c5ccccc5)n4)cccc23)c2cccnc12. The molecular weight excluding hydrogens is 713 g/mol. The zero-order valence-electron chi connectivity index (χ0n) is 31.0. The van der Waals surface area contributed by atoms with Gasteiger partial charge in [-0.15, -0.1) is 0 Å². The first-order valence-corrected chi connectivity index (χ1v) is 19.2. The fourth-order valence-electron chi connectivity index (χ4n) is 8.63. The van der Waals surface area contributed by atoms with Crippen LogP contribution in [0.3, 0.4) is 0 Å². The van der Waals surface area contributed by atoms with Crippen LogP contribution >= 0.6 is 0 Å². The highest BCUT2D eigenvalue weighted by Crippen LogP contribution is 2.50. The van der Waals surface area contributed by atoms with Gasteiger partial charge in [0.25, 0.3) is 0 Å². The molecule has 0 aliphatic carbocycles. The highest BCUT2D eigenvalue weighted by atomic mass is 16.3. The average molecular weight is 745 g/mol. The molecule has 58 heavy (non-hydrogen) atoms. The first-order valence-electron chi connectivity index (χ1n) is 19.2. The third-order valence-electron chi connectivity index (χ3n) is 11.2. The summed E-state index contributed by atoms with van der Waals surface area (Å²) in [6, 6.07) is 57.1. The Balaban J connectivity index is 1.30. The largest absolute Gasteiger partial charge is 0.506 e. The molecule has 2 N–H and O–H groups in total. The Morgan fingerprint density at radius 3 is 1.45 bits per heavy atom. The van der Waals surface area contributed by atoms with E-state index in [9.17, 15) is 10.2 Å². The Morgan fingerprint density at radius 2 is 0.845 bits per heavy atom. The third kappa shape index (κ3) is 5.27. The van der Waals surface area contributed by atoms with Gasteiger partial charge < -0.3 is 10.2 Å². The summed E-state index contributed by atoms with van der Waals surface area (Å²) in [6.07, 6.45) is 3.42. The molecule has 0 saturated heterocycles. The van der Waals surface area contributed by atoms with E-state index in [1.165, 1.54) is 0 Å². The normalized spacial score (nSPS) is 11.6. The Bertz CT molecular complexity index is 3360. The number of benzene rings is 8. The standard InChI is InChI=1S/C52H32N4O2/c57-45-26-24-37(39-20-10-28-53-50(39)45)47-35-16-7-8-17-36(35)48(38-25-27-46(58)51-40(38)21-11-29-54-51)49-34-18-9-19-41(33(34)22-23-42(47)49)52-55-43(31-12-3-1-4-13-31)30-44(56-52)32-14-5-2-6-15-32/h1-30,57-58H. The number of fused-ring (bicyclic) bond motifs is 6. The van der Waals surface area contributed by atoms with Crippen LogP contribution in [0.15, 0.2) is 182 Å². The molecule has 0 amide bonds. The van der Waals surface area contributed by atoms with E-state index in [0.717, 1.165) is 93.4 Å². The third-order valence-corrected chi connectivity index (χ3v) is 11.2. The molecule has 11 rings (SSSR count). The molecule has 0 aliphatic rings. The molecule has 272 valence electrons. The van der Waals surface area contributed by atoms with Crippen molar-refractivity contribution < 1.29 is 10.2 Å². The first-order chi connectivity index (χ1) is 28.6. The number of aromatic hydroxyl groups is 2. The Morgan fingerprint density at radius 1 is 0.345 bits per heavy atom. The minimum absolute atomic E-state index is 0.129. The van der Waals surface area contributed by atoms with E-state index >= 15 is 0 Å². The minimum Gasteiger partial charge on any atom is -0.506 e. The lowest BCUT2D eigenvalue weighted by atomic mass is 9.82. The number of nitrogens with zero attached hydrogens (tertiary/aromatic N) is 4. The fourth-order valence-corrected chi connectivity index (χ4v) is 8.63. The molecule has 0 atom stereocenters. The summed E-state index contributed by atoms with van der Waals surface area (Å²) in [4.78, 5) is 19.7. The summed E-state index contributed by atoms with van der Waals surface area (Å²) in [5, 5.41) is 29.9. The molecule has 6 nitrogen and oxygen atoms in total. The van der Waals surface area contributed by atoms with Gasteiger partial charge in [0, 0.05) is 39.9 Å². The van der Waals surface area contributed by atoms with E-state index in [1.807, 2.05) is 72.8 Å². The maximum absolute atomic E-state index is 11.0. The van der Waals surface area contributed by atoms with Gasteiger partial charge in [0.05, 0.1) is 11.4 Å². The number of rotatable bonds is 5. The number of hydrogen-bond donors (Lipinski definition) is 2. The van der Waals surface area contributed by atoms with E-state index in [4.69, 9.17) is 9.97 Å². The van der Waals surface area contributed by atoms with Crippen molar-refractivity contribution in [3.63, 3.8) is 0 Å². The number of aromatic nitrogens is 4. The maximum Gasteiger partial charge on any atom is 0.161 e. The van der Waals surface area contributed by atoms with Gasteiger partial charge in [-0.05, 0) is 97.0 Å². The number of pyridine rings is 2. The zero-order valence-corrected chi connectivity index (χ0v) is 31.0. The van der Waals surface area contributed by atoms with E-state index in [-0.39, 0.29) is 11.5 Å². The molecule has 0 aliphatic heterocycles. The van der Waals surface area contributed by atoms with Gasteiger partial charge in [-0.25, -0.2) is 9.97 Å². The molecule has 0 radical (unpaired) electrons. The molecule has 0 saturated carbocycles. The summed E-state index contributed by atoms with van der Waals surface area (Å²) in [5.74, 6) is 0.891. The monoisotopic (exact) mass is 744 g/mol. The molecule has 0 spiro atoms. The predicted molar refractivity (Wildman–Crippen MR) is 236 cm³/mol. The van der Waals surface area contributed by atoms with Gasteiger partial charge in [-0.2, -0.15) is 0 Å². The first kappa shape index (κ1) is 33.4. The lowest BCUT2D eigenvalue weighted by molar-refractivity contribution is 0.480. The van der Waals surface area contributed by atoms with Crippen molar-refractivity contribution in [3.05, 3.63) is 182 Å². The Hall–Kier alpha value is -7.96. The summed E-state index contributed by atoms with van der Waals surface area (Å²) in [7, 11) is 0.